The molecule has 0 fully saturated rings. The Morgan fingerprint density at radius 1 is 0.906 bits per heavy atom. The smallest absolute Gasteiger partial charge is 0.232 e. The van der Waals surface area contributed by atoms with Crippen LogP contribution in [0.25, 0.3) is 11.1 Å². The average Bonchev–Trinajstić information content (AvgIpc) is 2.80. The van der Waals surface area contributed by atoms with Gasteiger partial charge >= 0.3 is 0 Å². The molecule has 1 atom stereocenters. The molecule has 3 rings (SSSR count). The Hall–Kier alpha value is -3.12. The molecule has 0 aliphatic heterocycles. The topological polar surface area (TPSA) is 66.5 Å². The molecular weight excluding hydrogens is 420 g/mol. The number of carbonyl (C=O) groups excluding carboxylic acids is 1. The number of rotatable bonds is 10. The lowest BCUT2D eigenvalue weighted by atomic mass is 10.0. The van der Waals surface area contributed by atoms with Gasteiger partial charge in [-0.05, 0) is 29.5 Å². The van der Waals surface area contributed by atoms with Crippen LogP contribution in [0.2, 0.25) is 0 Å². The summed E-state index contributed by atoms with van der Waals surface area (Å²) in [5.41, 5.74) is 3.59. The van der Waals surface area contributed by atoms with Crippen LogP contribution >= 0.6 is 0 Å². The van der Waals surface area contributed by atoms with E-state index in [0.29, 0.717) is 18.7 Å². The maximum atomic E-state index is 12.6. The van der Waals surface area contributed by atoms with E-state index in [2.05, 4.69) is 12.2 Å². The number of nitrogens with zero attached hydrogens (tertiary/aromatic N) is 1. The highest BCUT2D eigenvalue weighted by Gasteiger charge is 2.21. The Balaban J connectivity index is 1.63. The van der Waals surface area contributed by atoms with E-state index >= 15 is 0 Å². The summed E-state index contributed by atoms with van der Waals surface area (Å²) in [5.74, 6) is 0.142. The van der Waals surface area contributed by atoms with Crippen molar-refractivity contribution in [3.63, 3.8) is 0 Å². The number of hydrogen-bond acceptors (Lipinski definition) is 3. The molecule has 1 amide bonds. The minimum absolute atomic E-state index is 0.0717. The molecule has 1 N–H and O–H groups in total. The summed E-state index contributed by atoms with van der Waals surface area (Å²) in [5, 5.41) is 2.96. The Labute approximate surface area is 191 Å². The lowest BCUT2D eigenvalue weighted by molar-refractivity contribution is -0.121. The van der Waals surface area contributed by atoms with Crippen molar-refractivity contribution in [3.8, 4) is 11.1 Å². The fourth-order valence-electron chi connectivity index (χ4n) is 3.66. The molecular formula is C26H30N2O3S. The summed E-state index contributed by atoms with van der Waals surface area (Å²) < 4.78 is 26.6. The predicted octanol–water partition coefficient (Wildman–Crippen LogP) is 4.82. The molecule has 1 unspecified atom stereocenters. The molecule has 3 aromatic carbocycles. The molecule has 0 aliphatic rings. The van der Waals surface area contributed by atoms with Gasteiger partial charge in [-0.15, -0.1) is 0 Å². The minimum Gasteiger partial charge on any atom is -0.356 e. The van der Waals surface area contributed by atoms with Gasteiger partial charge in [0.25, 0.3) is 0 Å². The first-order valence-electron chi connectivity index (χ1n) is 10.8. The van der Waals surface area contributed by atoms with Gasteiger partial charge in [0.05, 0.1) is 11.9 Å². The monoisotopic (exact) mass is 450 g/mol. The molecule has 32 heavy (non-hydrogen) atoms. The predicted molar refractivity (Wildman–Crippen MR) is 131 cm³/mol. The van der Waals surface area contributed by atoms with Crippen LogP contribution in [-0.4, -0.2) is 33.7 Å². The van der Waals surface area contributed by atoms with E-state index in [0.717, 1.165) is 11.1 Å². The van der Waals surface area contributed by atoms with Crippen LogP contribution in [0.5, 0.6) is 0 Å². The van der Waals surface area contributed by atoms with Gasteiger partial charge in [-0.1, -0.05) is 85.8 Å². The van der Waals surface area contributed by atoms with Crippen molar-refractivity contribution in [1.29, 1.82) is 0 Å². The maximum absolute atomic E-state index is 12.6. The number of nitrogens with one attached hydrogen (secondary N) is 1. The largest absolute Gasteiger partial charge is 0.356 e. The molecule has 168 valence electrons. The van der Waals surface area contributed by atoms with E-state index in [1.165, 1.54) is 16.1 Å². The molecule has 0 radical (unpaired) electrons. The quantitative estimate of drug-likeness (QED) is 0.482. The molecule has 0 saturated carbocycles. The highest BCUT2D eigenvalue weighted by atomic mass is 32.2. The second-order valence-corrected chi connectivity index (χ2v) is 9.84. The van der Waals surface area contributed by atoms with Gasteiger partial charge in [0.2, 0.25) is 15.9 Å². The first-order valence-corrected chi connectivity index (χ1v) is 12.6. The van der Waals surface area contributed by atoms with Crippen molar-refractivity contribution in [2.75, 3.05) is 23.7 Å². The summed E-state index contributed by atoms with van der Waals surface area (Å²) in [6, 6.07) is 27.2. The van der Waals surface area contributed by atoms with Crippen LogP contribution in [-0.2, 0) is 14.8 Å². The number of sulfonamides is 1. The van der Waals surface area contributed by atoms with Gasteiger partial charge in [0.15, 0.2) is 0 Å². The number of anilines is 1. The fourth-order valence-corrected chi connectivity index (χ4v) is 4.63. The SMILES string of the molecule is CC(CNC(=O)CCCN(c1ccccc1-c1ccccc1)S(C)(=O)=O)c1ccccc1. The Kier molecular flexibility index (Phi) is 8.06. The lowest BCUT2D eigenvalue weighted by Gasteiger charge is -2.25. The zero-order chi connectivity index (χ0) is 23.0. The maximum Gasteiger partial charge on any atom is 0.232 e. The molecule has 0 aliphatic carbocycles. The summed E-state index contributed by atoms with van der Waals surface area (Å²) >= 11 is 0. The van der Waals surface area contributed by atoms with E-state index in [1.54, 1.807) is 0 Å². The number of amides is 1. The summed E-state index contributed by atoms with van der Waals surface area (Å²) in [6.45, 7) is 2.86. The summed E-state index contributed by atoms with van der Waals surface area (Å²) in [4.78, 5) is 12.4. The van der Waals surface area contributed by atoms with Crippen molar-refractivity contribution < 1.29 is 13.2 Å². The molecule has 5 nitrogen and oxygen atoms in total. The summed E-state index contributed by atoms with van der Waals surface area (Å²) in [6.07, 6.45) is 1.90. The zero-order valence-electron chi connectivity index (χ0n) is 18.6. The Morgan fingerprint density at radius 2 is 1.50 bits per heavy atom. The highest BCUT2D eigenvalue weighted by Crippen LogP contribution is 2.32. The second-order valence-electron chi connectivity index (χ2n) is 7.94. The van der Waals surface area contributed by atoms with Crippen molar-refractivity contribution in [3.05, 3.63) is 90.5 Å². The van der Waals surface area contributed by atoms with Crippen molar-refractivity contribution in [2.24, 2.45) is 0 Å². The van der Waals surface area contributed by atoms with Gasteiger partial charge in [0, 0.05) is 25.1 Å². The number of hydrogen-bond donors (Lipinski definition) is 1. The zero-order valence-corrected chi connectivity index (χ0v) is 19.4. The summed E-state index contributed by atoms with van der Waals surface area (Å²) in [7, 11) is -3.51. The van der Waals surface area contributed by atoms with Crippen LogP contribution in [0.15, 0.2) is 84.9 Å². The van der Waals surface area contributed by atoms with Gasteiger partial charge in [-0.25, -0.2) is 8.42 Å². The molecule has 0 saturated heterocycles. The van der Waals surface area contributed by atoms with E-state index in [9.17, 15) is 13.2 Å². The fraction of sp³-hybridized carbons (Fsp3) is 0.269. The first-order chi connectivity index (χ1) is 15.4. The Bertz CT molecular complexity index is 1120. The number of para-hydroxylation sites is 1. The number of carbonyl (C=O) groups is 1. The van der Waals surface area contributed by atoms with Gasteiger partial charge < -0.3 is 5.32 Å². The number of benzene rings is 3. The molecule has 0 heterocycles. The molecule has 0 aromatic heterocycles. The van der Waals surface area contributed by atoms with Crippen LogP contribution in [0.4, 0.5) is 5.69 Å². The lowest BCUT2D eigenvalue weighted by Crippen LogP contribution is -2.33. The highest BCUT2D eigenvalue weighted by molar-refractivity contribution is 7.92. The van der Waals surface area contributed by atoms with Crippen molar-refractivity contribution in [2.45, 2.75) is 25.7 Å². The van der Waals surface area contributed by atoms with E-state index in [4.69, 9.17) is 0 Å². The molecule has 6 heteroatoms. The van der Waals surface area contributed by atoms with Crippen LogP contribution < -0.4 is 9.62 Å². The Morgan fingerprint density at radius 3 is 2.16 bits per heavy atom. The van der Waals surface area contributed by atoms with Crippen LogP contribution in [0.3, 0.4) is 0 Å². The minimum atomic E-state index is -3.51. The standard InChI is InChI=1S/C26H30N2O3S/c1-21(22-12-5-3-6-13-22)20-27-26(29)18-11-19-28(32(2,30)31)25-17-10-9-16-24(25)23-14-7-4-8-15-23/h3-10,12-17,21H,11,18-20H2,1-2H3,(H,27,29). The molecule has 0 bridgehead atoms. The third-order valence-corrected chi connectivity index (χ3v) is 6.58. The second kappa shape index (κ2) is 11.0. The first kappa shape index (κ1) is 23.5. The van der Waals surface area contributed by atoms with E-state index in [1.807, 2.05) is 84.9 Å². The van der Waals surface area contributed by atoms with Gasteiger partial charge in [-0.2, -0.15) is 0 Å². The normalized spacial score (nSPS) is 12.2. The molecule has 3 aromatic rings. The average molecular weight is 451 g/mol. The van der Waals surface area contributed by atoms with Crippen LogP contribution in [0, 0.1) is 0 Å². The van der Waals surface area contributed by atoms with Crippen LogP contribution in [0.1, 0.15) is 31.2 Å². The van der Waals surface area contributed by atoms with Crippen molar-refractivity contribution in [1.82, 2.24) is 5.32 Å². The van der Waals surface area contributed by atoms with Crippen molar-refractivity contribution >= 4 is 21.6 Å². The molecule has 0 spiro atoms. The third-order valence-electron chi connectivity index (χ3n) is 5.40. The third kappa shape index (κ3) is 6.44. The van der Waals surface area contributed by atoms with E-state index < -0.39 is 10.0 Å². The van der Waals surface area contributed by atoms with Gasteiger partial charge in [-0.3, -0.25) is 9.10 Å². The van der Waals surface area contributed by atoms with E-state index in [-0.39, 0.29) is 24.8 Å². The van der Waals surface area contributed by atoms with Gasteiger partial charge in [0.1, 0.15) is 0 Å².